The second-order valence-corrected chi connectivity index (χ2v) is 6.08. The molecule has 1 fully saturated rings. The third kappa shape index (κ3) is 2.91. The van der Waals surface area contributed by atoms with Crippen LogP contribution in [-0.2, 0) is 6.61 Å². The van der Waals surface area contributed by atoms with Gasteiger partial charge in [0.2, 0.25) is 0 Å². The largest absolute Gasteiger partial charge is 0.391 e. The lowest BCUT2D eigenvalue weighted by Crippen LogP contribution is -2.39. The molecule has 2 rings (SSSR count). The number of nitrogens with zero attached hydrogens (tertiary/aromatic N) is 2. The summed E-state index contributed by atoms with van der Waals surface area (Å²) in [4.78, 5) is 6.78. The van der Waals surface area contributed by atoms with Crippen LogP contribution in [0.3, 0.4) is 0 Å². The molecule has 2 N–H and O–H groups in total. The monoisotopic (exact) mass is 276 g/mol. The van der Waals surface area contributed by atoms with Crippen LogP contribution in [0.1, 0.15) is 30.6 Å². The molecule has 1 aliphatic carbocycles. The summed E-state index contributed by atoms with van der Waals surface area (Å²) in [5, 5.41) is 20.5. The van der Waals surface area contributed by atoms with E-state index >= 15 is 0 Å². The smallest absolute Gasteiger partial charge is 0.186 e. The van der Waals surface area contributed by atoms with E-state index in [1.165, 1.54) is 11.3 Å². The molecule has 0 bridgehead atoms. The topological polar surface area (TPSA) is 56.6 Å². The van der Waals surface area contributed by atoms with Gasteiger partial charge in [0.15, 0.2) is 5.13 Å². The minimum Gasteiger partial charge on any atom is -0.391 e. The maximum Gasteiger partial charge on any atom is 0.186 e. The Hall–Kier alpha value is -0.360. The molecular formula is C11H17ClN2O2S. The summed E-state index contributed by atoms with van der Waals surface area (Å²) < 4.78 is 0. The van der Waals surface area contributed by atoms with Crippen LogP contribution in [0.5, 0.6) is 0 Å². The van der Waals surface area contributed by atoms with Crippen molar-refractivity contribution >= 4 is 28.1 Å². The fraction of sp³-hybridized carbons (Fsp3) is 0.727. The van der Waals surface area contributed by atoms with Crippen molar-refractivity contribution < 1.29 is 10.2 Å². The molecule has 0 amide bonds. The molecule has 17 heavy (non-hydrogen) atoms. The van der Waals surface area contributed by atoms with Crippen LogP contribution in [0.15, 0.2) is 0 Å². The van der Waals surface area contributed by atoms with Gasteiger partial charge in [0, 0.05) is 13.6 Å². The molecule has 0 saturated heterocycles. The molecular weight excluding hydrogens is 260 g/mol. The number of thiazole rings is 1. The summed E-state index contributed by atoms with van der Waals surface area (Å²) in [6, 6.07) is 0. The standard InChI is InChI=1S/C11H17ClN2O2S/c1-14(7-11(16)4-2-3-5-11)10-13-9(12)8(6-15)17-10/h15-16H,2-7H2,1H3. The predicted octanol–water partition coefficient (Wildman–Crippen LogP) is 2.03. The highest BCUT2D eigenvalue weighted by atomic mass is 35.5. The first-order chi connectivity index (χ1) is 8.04. The van der Waals surface area contributed by atoms with Crippen LogP contribution in [0.4, 0.5) is 5.13 Å². The van der Waals surface area contributed by atoms with Gasteiger partial charge >= 0.3 is 0 Å². The maximum atomic E-state index is 10.3. The zero-order valence-corrected chi connectivity index (χ0v) is 11.4. The van der Waals surface area contributed by atoms with Crippen molar-refractivity contribution in [2.45, 2.75) is 37.9 Å². The second-order valence-electron chi connectivity index (χ2n) is 4.66. The zero-order chi connectivity index (χ0) is 12.5. The molecule has 1 aliphatic rings. The summed E-state index contributed by atoms with van der Waals surface area (Å²) >= 11 is 7.26. The van der Waals surface area contributed by atoms with E-state index in [0.717, 1.165) is 30.8 Å². The number of halogens is 1. The highest BCUT2D eigenvalue weighted by Gasteiger charge is 2.33. The van der Waals surface area contributed by atoms with Gasteiger partial charge in [-0.05, 0) is 12.8 Å². The molecule has 4 nitrogen and oxygen atoms in total. The number of anilines is 1. The Labute approximate surface area is 110 Å². The number of hydrogen-bond acceptors (Lipinski definition) is 5. The second kappa shape index (κ2) is 5.10. The van der Waals surface area contributed by atoms with Crippen molar-refractivity contribution in [1.29, 1.82) is 0 Å². The number of aliphatic hydroxyl groups is 2. The van der Waals surface area contributed by atoms with Gasteiger partial charge in [-0.15, -0.1) is 0 Å². The molecule has 6 heteroatoms. The Bertz CT molecular complexity index is 391. The van der Waals surface area contributed by atoms with E-state index in [-0.39, 0.29) is 6.61 Å². The van der Waals surface area contributed by atoms with Gasteiger partial charge in [0.05, 0.1) is 17.1 Å². The van der Waals surface area contributed by atoms with Crippen LogP contribution in [0.2, 0.25) is 5.15 Å². The summed E-state index contributed by atoms with van der Waals surface area (Å²) in [5.41, 5.74) is -0.591. The van der Waals surface area contributed by atoms with Crippen LogP contribution >= 0.6 is 22.9 Å². The van der Waals surface area contributed by atoms with Gasteiger partial charge < -0.3 is 15.1 Å². The highest BCUT2D eigenvalue weighted by molar-refractivity contribution is 7.16. The molecule has 0 spiro atoms. The van der Waals surface area contributed by atoms with Gasteiger partial charge in [-0.1, -0.05) is 35.8 Å². The van der Waals surface area contributed by atoms with Crippen molar-refractivity contribution in [3.8, 4) is 0 Å². The third-order valence-electron chi connectivity index (χ3n) is 3.17. The summed E-state index contributed by atoms with van der Waals surface area (Å²) in [6.07, 6.45) is 3.88. The summed E-state index contributed by atoms with van der Waals surface area (Å²) in [5.74, 6) is 0. The number of hydrogen-bond donors (Lipinski definition) is 2. The molecule has 1 aromatic rings. The van der Waals surface area contributed by atoms with Crippen molar-refractivity contribution in [2.75, 3.05) is 18.5 Å². The van der Waals surface area contributed by atoms with Crippen LogP contribution in [0, 0.1) is 0 Å². The van der Waals surface area contributed by atoms with Crippen molar-refractivity contribution in [2.24, 2.45) is 0 Å². The van der Waals surface area contributed by atoms with E-state index in [9.17, 15) is 5.11 Å². The summed E-state index contributed by atoms with van der Waals surface area (Å²) in [6.45, 7) is 0.482. The van der Waals surface area contributed by atoms with Crippen LogP contribution in [-0.4, -0.2) is 34.4 Å². The van der Waals surface area contributed by atoms with E-state index in [2.05, 4.69) is 4.98 Å². The highest BCUT2D eigenvalue weighted by Crippen LogP contribution is 2.34. The third-order valence-corrected chi connectivity index (χ3v) is 4.75. The van der Waals surface area contributed by atoms with Crippen molar-refractivity contribution in [3.05, 3.63) is 10.0 Å². The molecule has 1 aromatic heterocycles. The normalized spacial score (nSPS) is 18.6. The van der Waals surface area contributed by atoms with Gasteiger partial charge in [-0.2, -0.15) is 0 Å². The van der Waals surface area contributed by atoms with Crippen LogP contribution < -0.4 is 4.90 Å². The maximum absolute atomic E-state index is 10.3. The number of rotatable bonds is 4. The predicted molar refractivity (Wildman–Crippen MR) is 69.7 cm³/mol. The minimum absolute atomic E-state index is 0.0887. The first-order valence-electron chi connectivity index (χ1n) is 5.74. The van der Waals surface area contributed by atoms with Gasteiger partial charge in [0.25, 0.3) is 0 Å². The van der Waals surface area contributed by atoms with Gasteiger partial charge in [0.1, 0.15) is 5.15 Å². The molecule has 0 aliphatic heterocycles. The molecule has 0 atom stereocenters. The van der Waals surface area contributed by atoms with E-state index in [1.807, 2.05) is 11.9 Å². The lowest BCUT2D eigenvalue weighted by Gasteiger charge is -2.28. The Balaban J connectivity index is 2.06. The first-order valence-corrected chi connectivity index (χ1v) is 6.93. The Morgan fingerprint density at radius 2 is 2.12 bits per heavy atom. The minimum atomic E-state index is -0.591. The zero-order valence-electron chi connectivity index (χ0n) is 9.82. The number of aromatic nitrogens is 1. The van der Waals surface area contributed by atoms with E-state index in [1.54, 1.807) is 0 Å². The first kappa shape index (κ1) is 13.1. The molecule has 1 heterocycles. The summed E-state index contributed by atoms with van der Waals surface area (Å²) in [7, 11) is 1.90. The fourth-order valence-electron chi connectivity index (χ4n) is 2.28. The van der Waals surface area contributed by atoms with E-state index < -0.39 is 5.60 Å². The lowest BCUT2D eigenvalue weighted by atomic mass is 10.0. The van der Waals surface area contributed by atoms with E-state index in [0.29, 0.717) is 16.6 Å². The molecule has 96 valence electrons. The average Bonchev–Trinajstić information content (AvgIpc) is 2.85. The Kier molecular flexibility index (Phi) is 3.92. The fourth-order valence-corrected chi connectivity index (χ4v) is 3.36. The number of likely N-dealkylation sites (N-methyl/N-ethyl adjacent to an activating group) is 1. The molecule has 0 radical (unpaired) electrons. The molecule has 0 aromatic carbocycles. The average molecular weight is 277 g/mol. The Morgan fingerprint density at radius 3 is 2.65 bits per heavy atom. The molecule has 1 saturated carbocycles. The van der Waals surface area contributed by atoms with Gasteiger partial charge in [-0.3, -0.25) is 0 Å². The van der Waals surface area contributed by atoms with E-state index in [4.69, 9.17) is 16.7 Å². The van der Waals surface area contributed by atoms with Gasteiger partial charge in [-0.25, -0.2) is 4.98 Å². The quantitative estimate of drug-likeness (QED) is 0.884. The lowest BCUT2D eigenvalue weighted by molar-refractivity contribution is 0.0559. The van der Waals surface area contributed by atoms with Crippen molar-refractivity contribution in [1.82, 2.24) is 4.98 Å². The Morgan fingerprint density at radius 1 is 1.47 bits per heavy atom. The number of aliphatic hydroxyl groups excluding tert-OH is 1. The van der Waals surface area contributed by atoms with Crippen LogP contribution in [0.25, 0.3) is 0 Å². The SMILES string of the molecule is CN(CC1(O)CCCC1)c1nc(Cl)c(CO)s1. The molecule has 0 unspecified atom stereocenters. The van der Waals surface area contributed by atoms with Crippen molar-refractivity contribution in [3.63, 3.8) is 0 Å².